The van der Waals surface area contributed by atoms with Crippen molar-refractivity contribution in [1.29, 1.82) is 0 Å². The molecule has 0 unspecified atom stereocenters. The summed E-state index contributed by atoms with van der Waals surface area (Å²) < 4.78 is 43.2. The van der Waals surface area contributed by atoms with E-state index in [-0.39, 0.29) is 11.0 Å². The molecule has 25 heavy (non-hydrogen) atoms. The zero-order chi connectivity index (χ0) is 18.0. The van der Waals surface area contributed by atoms with Gasteiger partial charge in [0.15, 0.2) is 11.6 Å². The summed E-state index contributed by atoms with van der Waals surface area (Å²) in [5.74, 6) is -1.80. The van der Waals surface area contributed by atoms with E-state index in [2.05, 4.69) is 5.10 Å². The van der Waals surface area contributed by atoms with Crippen LogP contribution >= 0.6 is 0 Å². The second kappa shape index (κ2) is 5.38. The maximum absolute atomic E-state index is 14.8. The van der Waals surface area contributed by atoms with Crippen LogP contribution in [-0.2, 0) is 22.3 Å². The number of benzene rings is 1. The van der Waals surface area contributed by atoms with Gasteiger partial charge in [0.25, 0.3) is 0 Å². The van der Waals surface area contributed by atoms with Gasteiger partial charge in [-0.25, -0.2) is 8.78 Å². The fourth-order valence-corrected chi connectivity index (χ4v) is 3.41. The molecule has 2 aliphatic heterocycles. The number of aryl methyl sites for hydroxylation is 1. The molecule has 0 spiro atoms. The maximum Gasteiger partial charge on any atom is 0.497 e. The van der Waals surface area contributed by atoms with Crippen molar-refractivity contribution in [2.24, 2.45) is 0 Å². The molecule has 1 saturated heterocycles. The first-order chi connectivity index (χ1) is 11.7. The van der Waals surface area contributed by atoms with Gasteiger partial charge in [-0.3, -0.25) is 4.68 Å². The Bertz CT molecular complexity index is 832. The molecule has 7 heteroatoms. The van der Waals surface area contributed by atoms with E-state index < -0.39 is 30.0 Å². The zero-order valence-electron chi connectivity index (χ0n) is 14.9. The number of nitrogens with zero attached hydrogens (tertiary/aromatic N) is 2. The first-order valence-electron chi connectivity index (χ1n) is 8.60. The number of fused-ring (bicyclic) bond motifs is 1. The zero-order valence-corrected chi connectivity index (χ0v) is 14.9. The van der Waals surface area contributed by atoms with Crippen molar-refractivity contribution in [3.63, 3.8) is 0 Å². The van der Waals surface area contributed by atoms with Crippen LogP contribution in [0.15, 0.2) is 18.3 Å². The lowest BCUT2D eigenvalue weighted by molar-refractivity contribution is 0.00578. The van der Waals surface area contributed by atoms with Crippen LogP contribution in [-0.4, -0.2) is 28.1 Å². The van der Waals surface area contributed by atoms with E-state index in [1.54, 1.807) is 18.3 Å². The third-order valence-electron chi connectivity index (χ3n) is 5.64. The minimum absolute atomic E-state index is 0.0868. The fourth-order valence-electron chi connectivity index (χ4n) is 3.41. The number of rotatable bonds is 2. The average Bonchev–Trinajstić information content (AvgIpc) is 3.16. The average molecular weight is 346 g/mol. The molecule has 1 aromatic carbocycles. The molecule has 0 bridgehead atoms. The minimum Gasteiger partial charge on any atom is -0.399 e. The largest absolute Gasteiger partial charge is 0.497 e. The SMILES string of the molecule is CC1(C)OB(c2ccc(-c3cnn4c3CCC4)c(F)c2F)OC1(C)C. The summed E-state index contributed by atoms with van der Waals surface area (Å²) in [6.45, 7) is 8.35. The van der Waals surface area contributed by atoms with Gasteiger partial charge in [-0.2, -0.15) is 5.10 Å². The van der Waals surface area contributed by atoms with Gasteiger partial charge in [0.1, 0.15) is 0 Å². The van der Waals surface area contributed by atoms with Crippen LogP contribution in [0.3, 0.4) is 0 Å². The van der Waals surface area contributed by atoms with Crippen molar-refractivity contribution in [2.75, 3.05) is 0 Å². The third kappa shape index (κ3) is 2.44. The van der Waals surface area contributed by atoms with Gasteiger partial charge in [0.2, 0.25) is 0 Å². The molecule has 0 radical (unpaired) electrons. The van der Waals surface area contributed by atoms with Crippen molar-refractivity contribution in [3.05, 3.63) is 35.7 Å². The summed E-state index contributed by atoms with van der Waals surface area (Å²) in [5.41, 5.74) is 0.735. The number of hydrogen-bond acceptors (Lipinski definition) is 3. The van der Waals surface area contributed by atoms with Crippen LogP contribution in [0.1, 0.15) is 39.8 Å². The van der Waals surface area contributed by atoms with Crippen LogP contribution < -0.4 is 5.46 Å². The number of halogens is 2. The molecule has 2 aromatic rings. The molecule has 1 aromatic heterocycles. The fraction of sp³-hybridized carbons (Fsp3) is 0.500. The van der Waals surface area contributed by atoms with Crippen molar-refractivity contribution in [1.82, 2.24) is 9.78 Å². The molecule has 1 fully saturated rings. The molecule has 3 heterocycles. The lowest BCUT2D eigenvalue weighted by Crippen LogP contribution is -2.41. The smallest absolute Gasteiger partial charge is 0.399 e. The summed E-state index contributed by atoms with van der Waals surface area (Å²) in [6.07, 6.45) is 3.42. The lowest BCUT2D eigenvalue weighted by Gasteiger charge is -2.32. The van der Waals surface area contributed by atoms with E-state index in [0.717, 1.165) is 25.1 Å². The van der Waals surface area contributed by atoms with E-state index in [1.165, 1.54) is 0 Å². The van der Waals surface area contributed by atoms with Gasteiger partial charge in [-0.1, -0.05) is 12.1 Å². The van der Waals surface area contributed by atoms with Gasteiger partial charge in [-0.15, -0.1) is 0 Å². The standard InChI is InChI=1S/C18H21BF2N2O2/c1-17(2)18(3,4)25-19(24-17)13-8-7-11(15(20)16(13)21)12-10-22-23-9-5-6-14(12)23/h7-8,10H,5-6,9H2,1-4H3. The minimum atomic E-state index is -0.925. The molecule has 132 valence electrons. The molecule has 0 atom stereocenters. The first-order valence-corrected chi connectivity index (χ1v) is 8.60. The van der Waals surface area contributed by atoms with Crippen molar-refractivity contribution < 1.29 is 18.1 Å². The van der Waals surface area contributed by atoms with Crippen molar-refractivity contribution in [3.8, 4) is 11.1 Å². The van der Waals surface area contributed by atoms with Gasteiger partial charge in [-0.05, 0) is 40.5 Å². The van der Waals surface area contributed by atoms with E-state index >= 15 is 0 Å². The number of hydrogen-bond donors (Lipinski definition) is 0. The summed E-state index contributed by atoms with van der Waals surface area (Å²) in [7, 11) is -0.925. The molecule has 4 rings (SSSR count). The maximum atomic E-state index is 14.8. The van der Waals surface area contributed by atoms with Gasteiger partial charge in [0, 0.05) is 28.8 Å². The van der Waals surface area contributed by atoms with Crippen LogP contribution in [0, 0.1) is 11.6 Å². The van der Waals surface area contributed by atoms with Crippen LogP contribution in [0.5, 0.6) is 0 Å². The highest BCUT2D eigenvalue weighted by molar-refractivity contribution is 6.62. The van der Waals surface area contributed by atoms with Crippen molar-refractivity contribution >= 4 is 12.6 Å². The highest BCUT2D eigenvalue weighted by Crippen LogP contribution is 2.37. The van der Waals surface area contributed by atoms with E-state index in [0.29, 0.717) is 5.56 Å². The first kappa shape index (κ1) is 16.7. The molecule has 0 amide bonds. The predicted octanol–water partition coefficient (Wildman–Crippen LogP) is 3.07. The second-order valence-electron chi connectivity index (χ2n) is 7.75. The van der Waals surface area contributed by atoms with E-state index in [9.17, 15) is 8.78 Å². The Morgan fingerprint density at radius 2 is 1.72 bits per heavy atom. The van der Waals surface area contributed by atoms with Crippen LogP contribution in [0.25, 0.3) is 11.1 Å². The normalized spacial score (nSPS) is 21.0. The second-order valence-corrected chi connectivity index (χ2v) is 7.75. The number of aromatic nitrogens is 2. The van der Waals surface area contributed by atoms with Gasteiger partial charge in [0.05, 0.1) is 17.4 Å². The molecular weight excluding hydrogens is 325 g/mol. The molecule has 0 aliphatic carbocycles. The summed E-state index contributed by atoms with van der Waals surface area (Å²) >= 11 is 0. The topological polar surface area (TPSA) is 36.3 Å². The molecule has 0 saturated carbocycles. The Morgan fingerprint density at radius 3 is 2.40 bits per heavy atom. The highest BCUT2D eigenvalue weighted by Gasteiger charge is 2.52. The third-order valence-corrected chi connectivity index (χ3v) is 5.64. The Morgan fingerprint density at radius 1 is 1.04 bits per heavy atom. The predicted molar refractivity (Wildman–Crippen MR) is 91.6 cm³/mol. The lowest BCUT2D eigenvalue weighted by atomic mass is 9.77. The van der Waals surface area contributed by atoms with E-state index in [4.69, 9.17) is 9.31 Å². The Labute approximate surface area is 146 Å². The Hall–Kier alpha value is -1.73. The molecule has 4 nitrogen and oxygen atoms in total. The summed E-state index contributed by atoms with van der Waals surface area (Å²) in [6, 6.07) is 3.14. The van der Waals surface area contributed by atoms with Crippen molar-refractivity contribution in [2.45, 2.75) is 58.3 Å². The van der Waals surface area contributed by atoms with Gasteiger partial charge < -0.3 is 9.31 Å². The molecular formula is C18H21BF2N2O2. The summed E-state index contributed by atoms with van der Waals surface area (Å²) in [4.78, 5) is 0. The Balaban J connectivity index is 1.73. The quantitative estimate of drug-likeness (QED) is 0.785. The highest BCUT2D eigenvalue weighted by atomic mass is 19.2. The monoisotopic (exact) mass is 346 g/mol. The molecule has 2 aliphatic rings. The van der Waals surface area contributed by atoms with E-state index in [1.807, 2.05) is 32.4 Å². The van der Waals surface area contributed by atoms with Crippen LogP contribution in [0.2, 0.25) is 0 Å². The van der Waals surface area contributed by atoms with Crippen LogP contribution in [0.4, 0.5) is 8.78 Å². The Kier molecular flexibility index (Phi) is 3.60. The molecule has 0 N–H and O–H groups in total. The van der Waals surface area contributed by atoms with Gasteiger partial charge >= 0.3 is 7.12 Å². The summed E-state index contributed by atoms with van der Waals surface area (Å²) in [5, 5.41) is 4.26.